The molecule has 1 aliphatic rings. The molecule has 0 radical (unpaired) electrons. The predicted molar refractivity (Wildman–Crippen MR) is 109 cm³/mol. The number of nitrogens with one attached hydrogen (secondary N) is 1. The van der Waals surface area contributed by atoms with Crippen molar-refractivity contribution in [2.45, 2.75) is 50.1 Å². The van der Waals surface area contributed by atoms with E-state index in [4.69, 9.17) is 11.6 Å². The molecule has 0 spiro atoms. The number of sulfonamides is 1. The van der Waals surface area contributed by atoms with Crippen molar-refractivity contribution in [3.05, 3.63) is 51.2 Å². The van der Waals surface area contributed by atoms with Crippen molar-refractivity contribution < 1.29 is 13.2 Å². The second-order valence-corrected chi connectivity index (χ2v) is 10.2. The molecule has 5 nitrogen and oxygen atoms in total. The van der Waals surface area contributed by atoms with Gasteiger partial charge in [0.1, 0.15) is 0 Å². The lowest BCUT2D eigenvalue weighted by Crippen LogP contribution is -2.33. The third-order valence-electron chi connectivity index (χ3n) is 4.71. The zero-order chi connectivity index (χ0) is 19.4. The standard InChI is InChI=1S/C19H23ClN2O3S2/c1-2-22(13-16-10-11-18(20)26-16)19(23)14-6-5-9-17(12-14)27(24,25)21-15-7-3-4-8-15/h5-6,9-12,15,21H,2-4,7-8,13H2,1H3. The normalized spacial score (nSPS) is 15.2. The number of amides is 1. The Hall–Kier alpha value is -1.41. The van der Waals surface area contributed by atoms with Crippen LogP contribution in [-0.4, -0.2) is 31.8 Å². The fourth-order valence-electron chi connectivity index (χ4n) is 3.26. The van der Waals surface area contributed by atoms with E-state index in [-0.39, 0.29) is 16.8 Å². The number of carbonyl (C=O) groups is 1. The topological polar surface area (TPSA) is 66.5 Å². The van der Waals surface area contributed by atoms with Crippen LogP contribution in [0.3, 0.4) is 0 Å². The molecule has 1 fully saturated rings. The number of hydrogen-bond donors (Lipinski definition) is 1. The van der Waals surface area contributed by atoms with Gasteiger partial charge in [0, 0.05) is 23.0 Å². The molecule has 0 saturated heterocycles. The van der Waals surface area contributed by atoms with Crippen LogP contribution in [0.2, 0.25) is 4.34 Å². The van der Waals surface area contributed by atoms with Crippen molar-refractivity contribution in [2.24, 2.45) is 0 Å². The van der Waals surface area contributed by atoms with Crippen LogP contribution < -0.4 is 4.72 Å². The number of thiophene rings is 1. The molecule has 0 unspecified atom stereocenters. The van der Waals surface area contributed by atoms with E-state index in [2.05, 4.69) is 4.72 Å². The van der Waals surface area contributed by atoms with Gasteiger partial charge in [-0.1, -0.05) is 30.5 Å². The van der Waals surface area contributed by atoms with Gasteiger partial charge in [0.15, 0.2) is 0 Å². The van der Waals surface area contributed by atoms with Gasteiger partial charge in [-0.2, -0.15) is 0 Å². The number of rotatable bonds is 7. The van der Waals surface area contributed by atoms with Crippen LogP contribution in [0.4, 0.5) is 0 Å². The first-order valence-corrected chi connectivity index (χ1v) is 11.7. The zero-order valence-electron chi connectivity index (χ0n) is 15.2. The average Bonchev–Trinajstić information content (AvgIpc) is 3.30. The highest BCUT2D eigenvalue weighted by Gasteiger charge is 2.24. The predicted octanol–water partition coefficient (Wildman–Crippen LogP) is 4.28. The molecular formula is C19H23ClN2O3S2. The molecule has 1 aliphatic carbocycles. The lowest BCUT2D eigenvalue weighted by molar-refractivity contribution is 0.0754. The molecule has 0 atom stereocenters. The maximum Gasteiger partial charge on any atom is 0.254 e. The van der Waals surface area contributed by atoms with Crippen molar-refractivity contribution in [1.29, 1.82) is 0 Å². The van der Waals surface area contributed by atoms with Crippen LogP contribution in [0, 0.1) is 0 Å². The van der Waals surface area contributed by atoms with E-state index < -0.39 is 10.0 Å². The van der Waals surface area contributed by atoms with Crippen molar-refractivity contribution in [3.8, 4) is 0 Å². The number of halogens is 1. The average molecular weight is 427 g/mol. The van der Waals surface area contributed by atoms with E-state index in [9.17, 15) is 13.2 Å². The molecule has 1 aromatic carbocycles. The summed E-state index contributed by atoms with van der Waals surface area (Å²) < 4.78 is 28.7. The fraction of sp³-hybridized carbons (Fsp3) is 0.421. The first-order valence-electron chi connectivity index (χ1n) is 9.05. The lowest BCUT2D eigenvalue weighted by atomic mass is 10.2. The molecule has 1 saturated carbocycles. The Morgan fingerprint density at radius 1 is 1.26 bits per heavy atom. The first-order chi connectivity index (χ1) is 12.9. The van der Waals surface area contributed by atoms with E-state index in [1.54, 1.807) is 17.0 Å². The molecule has 1 heterocycles. The minimum absolute atomic E-state index is 0.00919. The first kappa shape index (κ1) is 20.3. The van der Waals surface area contributed by atoms with Crippen LogP contribution >= 0.6 is 22.9 Å². The van der Waals surface area contributed by atoms with Gasteiger partial charge < -0.3 is 4.90 Å². The highest BCUT2D eigenvalue weighted by atomic mass is 35.5. The number of carbonyl (C=O) groups excluding carboxylic acids is 1. The van der Waals surface area contributed by atoms with Crippen LogP contribution in [0.15, 0.2) is 41.3 Å². The van der Waals surface area contributed by atoms with Crippen LogP contribution in [0.25, 0.3) is 0 Å². The molecule has 27 heavy (non-hydrogen) atoms. The molecule has 0 bridgehead atoms. The molecule has 2 aromatic rings. The molecule has 8 heteroatoms. The molecule has 3 rings (SSSR count). The van der Waals surface area contributed by atoms with E-state index in [0.717, 1.165) is 30.6 Å². The van der Waals surface area contributed by atoms with Crippen molar-refractivity contribution in [2.75, 3.05) is 6.54 Å². The SMILES string of the molecule is CCN(Cc1ccc(Cl)s1)C(=O)c1cccc(S(=O)(=O)NC2CCCC2)c1. The Morgan fingerprint density at radius 3 is 2.63 bits per heavy atom. The fourth-order valence-corrected chi connectivity index (χ4v) is 5.72. The van der Waals surface area contributed by atoms with Crippen LogP contribution in [0.1, 0.15) is 47.8 Å². The van der Waals surface area contributed by atoms with Crippen molar-refractivity contribution >= 4 is 38.9 Å². The van der Waals surface area contributed by atoms with E-state index in [1.165, 1.54) is 23.5 Å². The number of nitrogens with zero attached hydrogens (tertiary/aromatic N) is 1. The van der Waals surface area contributed by atoms with Crippen molar-refractivity contribution in [3.63, 3.8) is 0 Å². The summed E-state index contributed by atoms with van der Waals surface area (Å²) in [5.74, 6) is -0.195. The molecule has 146 valence electrons. The van der Waals surface area contributed by atoms with Crippen LogP contribution in [-0.2, 0) is 16.6 Å². The summed E-state index contributed by atoms with van der Waals surface area (Å²) in [6.45, 7) is 2.87. The van der Waals surface area contributed by atoms with E-state index in [0.29, 0.717) is 23.0 Å². The summed E-state index contributed by atoms with van der Waals surface area (Å²) in [4.78, 5) is 15.7. The number of hydrogen-bond acceptors (Lipinski definition) is 4. The summed E-state index contributed by atoms with van der Waals surface area (Å²) in [7, 11) is -3.62. The zero-order valence-corrected chi connectivity index (χ0v) is 17.5. The summed E-state index contributed by atoms with van der Waals surface area (Å²) in [5, 5.41) is 0. The molecule has 1 N–H and O–H groups in total. The summed E-state index contributed by atoms with van der Waals surface area (Å²) >= 11 is 7.40. The highest BCUT2D eigenvalue weighted by Crippen LogP contribution is 2.24. The molecule has 0 aliphatic heterocycles. The van der Waals surface area contributed by atoms with E-state index >= 15 is 0 Å². The number of benzene rings is 1. The van der Waals surface area contributed by atoms with Gasteiger partial charge in [-0.25, -0.2) is 13.1 Å². The van der Waals surface area contributed by atoms with Gasteiger partial charge in [0.05, 0.1) is 15.8 Å². The molecule has 1 amide bonds. The Morgan fingerprint density at radius 2 is 2.00 bits per heavy atom. The monoisotopic (exact) mass is 426 g/mol. The highest BCUT2D eigenvalue weighted by molar-refractivity contribution is 7.89. The minimum Gasteiger partial charge on any atom is -0.334 e. The van der Waals surface area contributed by atoms with Crippen molar-refractivity contribution in [1.82, 2.24) is 9.62 Å². The summed E-state index contributed by atoms with van der Waals surface area (Å²) in [6.07, 6.45) is 3.82. The second-order valence-electron chi connectivity index (χ2n) is 6.66. The van der Waals surface area contributed by atoms with Gasteiger partial charge in [0.25, 0.3) is 5.91 Å². The van der Waals surface area contributed by atoms with E-state index in [1.807, 2.05) is 19.1 Å². The van der Waals surface area contributed by atoms with Gasteiger partial charge in [-0.3, -0.25) is 4.79 Å². The Labute approximate surface area is 169 Å². The second kappa shape index (κ2) is 8.73. The maximum atomic E-state index is 12.9. The maximum absolute atomic E-state index is 12.9. The quantitative estimate of drug-likeness (QED) is 0.718. The summed E-state index contributed by atoms with van der Waals surface area (Å²) in [6, 6.07) is 9.96. The van der Waals surface area contributed by atoms with Gasteiger partial charge in [-0.05, 0) is 50.1 Å². The van der Waals surface area contributed by atoms with Gasteiger partial charge in [-0.15, -0.1) is 11.3 Å². The summed E-state index contributed by atoms with van der Waals surface area (Å²) in [5.41, 5.74) is 0.369. The Balaban J connectivity index is 1.77. The van der Waals surface area contributed by atoms with Gasteiger partial charge >= 0.3 is 0 Å². The molecule has 1 aromatic heterocycles. The smallest absolute Gasteiger partial charge is 0.254 e. The Bertz CT molecular complexity index is 905. The van der Waals surface area contributed by atoms with Gasteiger partial charge in [0.2, 0.25) is 10.0 Å². The largest absolute Gasteiger partial charge is 0.334 e. The Kier molecular flexibility index (Phi) is 6.57. The third-order valence-corrected chi connectivity index (χ3v) is 7.45. The third kappa shape index (κ3) is 5.10. The molecular weight excluding hydrogens is 404 g/mol. The minimum atomic E-state index is -3.62. The lowest BCUT2D eigenvalue weighted by Gasteiger charge is -2.20. The van der Waals surface area contributed by atoms with Crippen LogP contribution in [0.5, 0.6) is 0 Å².